The maximum atomic E-state index is 12.9. The van der Waals surface area contributed by atoms with Gasteiger partial charge in [0.1, 0.15) is 12.1 Å². The lowest BCUT2D eigenvalue weighted by Gasteiger charge is -2.03. The zero-order valence-corrected chi connectivity index (χ0v) is 9.94. The summed E-state index contributed by atoms with van der Waals surface area (Å²) in [6, 6.07) is 5.79. The SMILES string of the molecule is Cc1nc(CCC(=O)Nc2cccc(F)c2)co1. The van der Waals surface area contributed by atoms with E-state index in [4.69, 9.17) is 4.42 Å². The largest absolute Gasteiger partial charge is 0.449 e. The van der Waals surface area contributed by atoms with Crippen LogP contribution in [0.5, 0.6) is 0 Å². The molecule has 0 saturated heterocycles. The Morgan fingerprint density at radius 1 is 1.50 bits per heavy atom. The van der Waals surface area contributed by atoms with E-state index in [-0.39, 0.29) is 18.1 Å². The number of nitrogens with zero attached hydrogens (tertiary/aromatic N) is 1. The van der Waals surface area contributed by atoms with Crippen LogP contribution in [0.3, 0.4) is 0 Å². The normalized spacial score (nSPS) is 10.3. The van der Waals surface area contributed by atoms with E-state index in [9.17, 15) is 9.18 Å². The fourth-order valence-electron chi connectivity index (χ4n) is 1.55. The fraction of sp³-hybridized carbons (Fsp3) is 0.231. The van der Waals surface area contributed by atoms with Crippen molar-refractivity contribution in [2.75, 3.05) is 5.32 Å². The van der Waals surface area contributed by atoms with Crippen molar-refractivity contribution < 1.29 is 13.6 Å². The minimum absolute atomic E-state index is 0.179. The van der Waals surface area contributed by atoms with Crippen LogP contribution in [-0.2, 0) is 11.2 Å². The van der Waals surface area contributed by atoms with Gasteiger partial charge in [-0.2, -0.15) is 0 Å². The number of aryl methyl sites for hydroxylation is 2. The van der Waals surface area contributed by atoms with Gasteiger partial charge in [0.05, 0.1) is 5.69 Å². The highest BCUT2D eigenvalue weighted by molar-refractivity contribution is 5.90. The second kappa shape index (κ2) is 5.44. The first-order chi connectivity index (χ1) is 8.63. The van der Waals surface area contributed by atoms with Crippen LogP contribution in [-0.4, -0.2) is 10.9 Å². The Morgan fingerprint density at radius 2 is 2.33 bits per heavy atom. The molecule has 2 rings (SSSR count). The minimum atomic E-state index is -0.375. The van der Waals surface area contributed by atoms with Crippen molar-refractivity contribution in [1.29, 1.82) is 0 Å². The molecule has 0 atom stereocenters. The summed E-state index contributed by atoms with van der Waals surface area (Å²) in [5.74, 6) is 0.0247. The van der Waals surface area contributed by atoms with Gasteiger partial charge in [-0.05, 0) is 18.2 Å². The molecule has 1 heterocycles. The maximum Gasteiger partial charge on any atom is 0.224 e. The molecule has 1 aromatic carbocycles. The first kappa shape index (κ1) is 12.3. The Kier molecular flexibility index (Phi) is 3.72. The van der Waals surface area contributed by atoms with E-state index in [0.29, 0.717) is 18.0 Å². The van der Waals surface area contributed by atoms with Gasteiger partial charge < -0.3 is 9.73 Å². The molecule has 0 unspecified atom stereocenters. The molecular formula is C13H13FN2O2. The summed E-state index contributed by atoms with van der Waals surface area (Å²) in [6.07, 6.45) is 2.31. The number of rotatable bonds is 4. The molecule has 1 N–H and O–H groups in total. The predicted octanol–water partition coefficient (Wildman–Crippen LogP) is 2.69. The monoisotopic (exact) mass is 248 g/mol. The van der Waals surface area contributed by atoms with Gasteiger partial charge in [-0.25, -0.2) is 9.37 Å². The first-order valence-corrected chi connectivity index (χ1v) is 5.60. The number of benzene rings is 1. The lowest BCUT2D eigenvalue weighted by Crippen LogP contribution is -2.12. The third kappa shape index (κ3) is 3.41. The Morgan fingerprint density at radius 3 is 3.00 bits per heavy atom. The molecule has 94 valence electrons. The number of amides is 1. The third-order valence-corrected chi connectivity index (χ3v) is 2.38. The zero-order valence-electron chi connectivity index (χ0n) is 9.94. The molecule has 1 amide bonds. The first-order valence-electron chi connectivity index (χ1n) is 5.60. The van der Waals surface area contributed by atoms with Gasteiger partial charge in [0.2, 0.25) is 5.91 Å². The van der Waals surface area contributed by atoms with Gasteiger partial charge in [-0.1, -0.05) is 6.07 Å². The van der Waals surface area contributed by atoms with Crippen LogP contribution < -0.4 is 5.32 Å². The van der Waals surface area contributed by atoms with E-state index in [1.165, 1.54) is 18.4 Å². The summed E-state index contributed by atoms with van der Waals surface area (Å²) in [5, 5.41) is 2.62. The van der Waals surface area contributed by atoms with Gasteiger partial charge >= 0.3 is 0 Å². The van der Waals surface area contributed by atoms with Crippen molar-refractivity contribution in [2.45, 2.75) is 19.8 Å². The molecule has 0 saturated carbocycles. The van der Waals surface area contributed by atoms with Crippen molar-refractivity contribution in [3.63, 3.8) is 0 Å². The molecule has 0 bridgehead atoms. The van der Waals surface area contributed by atoms with Crippen LogP contribution in [0.2, 0.25) is 0 Å². The Labute approximate surface area is 104 Å². The van der Waals surface area contributed by atoms with E-state index in [0.717, 1.165) is 5.69 Å². The van der Waals surface area contributed by atoms with Gasteiger partial charge in [-0.15, -0.1) is 0 Å². The number of nitrogens with one attached hydrogen (secondary N) is 1. The standard InChI is InChI=1S/C13H13FN2O2/c1-9-15-12(8-18-9)5-6-13(17)16-11-4-2-3-10(14)7-11/h2-4,7-8H,5-6H2,1H3,(H,16,17). The van der Waals surface area contributed by atoms with Crippen LogP contribution >= 0.6 is 0 Å². The van der Waals surface area contributed by atoms with E-state index >= 15 is 0 Å². The molecule has 4 nitrogen and oxygen atoms in total. The summed E-state index contributed by atoms with van der Waals surface area (Å²) in [7, 11) is 0. The van der Waals surface area contributed by atoms with Crippen molar-refractivity contribution in [2.24, 2.45) is 0 Å². The highest BCUT2D eigenvalue weighted by atomic mass is 19.1. The highest BCUT2D eigenvalue weighted by Crippen LogP contribution is 2.10. The number of carbonyl (C=O) groups is 1. The molecule has 1 aromatic heterocycles. The predicted molar refractivity (Wildman–Crippen MR) is 64.6 cm³/mol. The average molecular weight is 248 g/mol. The molecule has 0 aliphatic rings. The van der Waals surface area contributed by atoms with E-state index < -0.39 is 0 Å². The molecule has 0 aliphatic carbocycles. The Bertz CT molecular complexity index is 551. The lowest BCUT2D eigenvalue weighted by molar-refractivity contribution is -0.116. The number of hydrogen-bond donors (Lipinski definition) is 1. The zero-order chi connectivity index (χ0) is 13.0. The fourth-order valence-corrected chi connectivity index (χ4v) is 1.55. The topological polar surface area (TPSA) is 55.1 Å². The lowest BCUT2D eigenvalue weighted by atomic mass is 10.2. The summed E-state index contributed by atoms with van der Waals surface area (Å²) in [4.78, 5) is 15.7. The van der Waals surface area contributed by atoms with Crippen LogP contribution in [0.4, 0.5) is 10.1 Å². The third-order valence-electron chi connectivity index (χ3n) is 2.38. The molecule has 0 radical (unpaired) electrons. The van der Waals surface area contributed by atoms with E-state index in [1.807, 2.05) is 0 Å². The summed E-state index contributed by atoms with van der Waals surface area (Å²) in [5.41, 5.74) is 1.19. The molecule has 0 aliphatic heterocycles. The molecule has 18 heavy (non-hydrogen) atoms. The van der Waals surface area contributed by atoms with Crippen molar-refractivity contribution in [3.05, 3.63) is 47.9 Å². The van der Waals surface area contributed by atoms with Crippen molar-refractivity contribution in [1.82, 2.24) is 4.98 Å². The quantitative estimate of drug-likeness (QED) is 0.905. The van der Waals surface area contributed by atoms with Gasteiger partial charge in [-0.3, -0.25) is 4.79 Å². The van der Waals surface area contributed by atoms with Crippen molar-refractivity contribution >= 4 is 11.6 Å². The number of hydrogen-bond acceptors (Lipinski definition) is 3. The Balaban J connectivity index is 1.85. The molecular weight excluding hydrogens is 235 g/mol. The summed E-state index contributed by atoms with van der Waals surface area (Å²) < 4.78 is 17.9. The van der Waals surface area contributed by atoms with Crippen LogP contribution in [0.25, 0.3) is 0 Å². The second-order valence-corrected chi connectivity index (χ2v) is 3.92. The number of oxazole rings is 1. The molecule has 0 spiro atoms. The van der Waals surface area contributed by atoms with Gasteiger partial charge in [0.15, 0.2) is 5.89 Å². The van der Waals surface area contributed by atoms with Gasteiger partial charge in [0.25, 0.3) is 0 Å². The number of aromatic nitrogens is 1. The number of halogens is 1. The maximum absolute atomic E-state index is 12.9. The van der Waals surface area contributed by atoms with E-state index in [2.05, 4.69) is 10.3 Å². The summed E-state index contributed by atoms with van der Waals surface area (Å²) in [6.45, 7) is 1.75. The second-order valence-electron chi connectivity index (χ2n) is 3.92. The van der Waals surface area contributed by atoms with Crippen LogP contribution in [0, 0.1) is 12.7 Å². The highest BCUT2D eigenvalue weighted by Gasteiger charge is 2.06. The molecule has 0 fully saturated rings. The Hall–Kier alpha value is -2.17. The van der Waals surface area contributed by atoms with Crippen LogP contribution in [0.1, 0.15) is 18.0 Å². The van der Waals surface area contributed by atoms with Crippen molar-refractivity contribution in [3.8, 4) is 0 Å². The van der Waals surface area contributed by atoms with E-state index in [1.54, 1.807) is 19.1 Å². The summed E-state index contributed by atoms with van der Waals surface area (Å²) >= 11 is 0. The number of carbonyl (C=O) groups excluding carboxylic acids is 1. The van der Waals surface area contributed by atoms with Gasteiger partial charge in [0, 0.05) is 25.5 Å². The smallest absolute Gasteiger partial charge is 0.224 e. The van der Waals surface area contributed by atoms with Crippen LogP contribution in [0.15, 0.2) is 34.9 Å². The minimum Gasteiger partial charge on any atom is -0.449 e. The average Bonchev–Trinajstić information content (AvgIpc) is 2.73. The molecule has 5 heteroatoms. The number of anilines is 1. The molecule has 2 aromatic rings.